The Bertz CT molecular complexity index is 472. The van der Waals surface area contributed by atoms with Crippen LogP contribution in [-0.2, 0) is 0 Å². The molecule has 1 amide bonds. The fraction of sp³-hybridized carbons (Fsp3) is 0.417. The van der Waals surface area contributed by atoms with Crippen molar-refractivity contribution >= 4 is 17.3 Å². The number of para-hydroxylation sites is 1. The van der Waals surface area contributed by atoms with E-state index in [9.17, 15) is 14.9 Å². The van der Waals surface area contributed by atoms with Crippen molar-refractivity contribution in [1.29, 1.82) is 0 Å². The molecule has 0 fully saturated rings. The molecule has 18 heavy (non-hydrogen) atoms. The van der Waals surface area contributed by atoms with Crippen molar-refractivity contribution in [3.63, 3.8) is 0 Å². The molecule has 0 heterocycles. The summed E-state index contributed by atoms with van der Waals surface area (Å²) in [4.78, 5) is 22.1. The van der Waals surface area contributed by atoms with Crippen molar-refractivity contribution in [2.45, 2.75) is 26.8 Å². The predicted molar refractivity (Wildman–Crippen MR) is 69.3 cm³/mol. The molecule has 0 radical (unpaired) electrons. The number of carbonyl (C=O) groups is 1. The van der Waals surface area contributed by atoms with Gasteiger partial charge in [0.25, 0.3) is 11.6 Å². The molecule has 6 heteroatoms. The molecule has 0 aliphatic rings. The van der Waals surface area contributed by atoms with Crippen LogP contribution in [-0.4, -0.2) is 16.9 Å². The van der Waals surface area contributed by atoms with Gasteiger partial charge in [0, 0.05) is 12.1 Å². The van der Waals surface area contributed by atoms with E-state index in [0.29, 0.717) is 0 Å². The Morgan fingerprint density at radius 2 is 2.00 bits per heavy atom. The van der Waals surface area contributed by atoms with Gasteiger partial charge in [-0.25, -0.2) is 0 Å². The highest BCUT2D eigenvalue weighted by Crippen LogP contribution is 2.24. The van der Waals surface area contributed by atoms with Gasteiger partial charge in [-0.2, -0.15) is 0 Å². The Kier molecular flexibility index (Phi) is 4.25. The van der Waals surface area contributed by atoms with E-state index in [1.807, 2.05) is 20.8 Å². The van der Waals surface area contributed by atoms with Gasteiger partial charge in [0.2, 0.25) is 0 Å². The molecular weight excluding hydrogens is 234 g/mol. The van der Waals surface area contributed by atoms with Crippen LogP contribution in [0.4, 0.5) is 11.4 Å². The van der Waals surface area contributed by atoms with Gasteiger partial charge in [0.1, 0.15) is 5.69 Å². The molecule has 1 aromatic rings. The monoisotopic (exact) mass is 251 g/mol. The summed E-state index contributed by atoms with van der Waals surface area (Å²) in [5, 5.41) is 13.5. The second kappa shape index (κ2) is 5.48. The van der Waals surface area contributed by atoms with E-state index in [-0.39, 0.29) is 28.9 Å². The highest BCUT2D eigenvalue weighted by atomic mass is 16.6. The number of nitro groups is 1. The van der Waals surface area contributed by atoms with Gasteiger partial charge in [-0.05, 0) is 18.9 Å². The number of anilines is 1. The van der Waals surface area contributed by atoms with E-state index in [1.54, 1.807) is 0 Å². The summed E-state index contributed by atoms with van der Waals surface area (Å²) in [5.41, 5.74) is 5.42. The molecule has 1 rings (SSSR count). The molecule has 3 N–H and O–H groups in total. The fourth-order valence-electron chi connectivity index (χ4n) is 1.36. The van der Waals surface area contributed by atoms with Crippen LogP contribution in [0.2, 0.25) is 0 Å². The molecule has 1 unspecified atom stereocenters. The zero-order valence-corrected chi connectivity index (χ0v) is 10.6. The van der Waals surface area contributed by atoms with Crippen molar-refractivity contribution < 1.29 is 9.72 Å². The number of nitrogens with zero attached hydrogens (tertiary/aromatic N) is 1. The van der Waals surface area contributed by atoms with Gasteiger partial charge in [-0.1, -0.05) is 19.9 Å². The van der Waals surface area contributed by atoms with Gasteiger partial charge in [-0.15, -0.1) is 0 Å². The lowest BCUT2D eigenvalue weighted by molar-refractivity contribution is -0.383. The summed E-state index contributed by atoms with van der Waals surface area (Å²) in [5.74, 6) is -0.119. The second-order valence-corrected chi connectivity index (χ2v) is 4.50. The van der Waals surface area contributed by atoms with Crippen LogP contribution < -0.4 is 11.1 Å². The minimum atomic E-state index is -0.599. The SMILES string of the molecule is CC(C)C(C)NC(=O)c1cccc([N+](=O)[O-])c1N. The molecule has 0 saturated heterocycles. The van der Waals surface area contributed by atoms with E-state index in [4.69, 9.17) is 5.73 Å². The standard InChI is InChI=1S/C12H17N3O3/c1-7(2)8(3)14-12(16)9-5-4-6-10(11(9)13)15(17)18/h4-8H,13H2,1-3H3,(H,14,16). The molecule has 0 aromatic heterocycles. The van der Waals surface area contributed by atoms with E-state index in [1.165, 1.54) is 18.2 Å². The van der Waals surface area contributed by atoms with Crippen LogP contribution in [0.3, 0.4) is 0 Å². The van der Waals surface area contributed by atoms with Crippen molar-refractivity contribution in [1.82, 2.24) is 5.32 Å². The van der Waals surface area contributed by atoms with Crippen molar-refractivity contribution in [2.24, 2.45) is 5.92 Å². The Hall–Kier alpha value is -2.11. The Morgan fingerprint density at radius 1 is 1.39 bits per heavy atom. The van der Waals surface area contributed by atoms with Crippen LogP contribution in [0.5, 0.6) is 0 Å². The topological polar surface area (TPSA) is 98.3 Å². The van der Waals surface area contributed by atoms with Gasteiger partial charge in [-0.3, -0.25) is 14.9 Å². The Balaban J connectivity index is 3.00. The fourth-order valence-corrected chi connectivity index (χ4v) is 1.36. The number of carbonyl (C=O) groups excluding carboxylic acids is 1. The van der Waals surface area contributed by atoms with E-state index in [0.717, 1.165) is 0 Å². The average Bonchev–Trinajstić information content (AvgIpc) is 2.28. The van der Waals surface area contributed by atoms with Gasteiger partial charge >= 0.3 is 0 Å². The maximum absolute atomic E-state index is 11.9. The van der Waals surface area contributed by atoms with Crippen LogP contribution in [0, 0.1) is 16.0 Å². The average molecular weight is 251 g/mol. The summed E-state index contributed by atoms with van der Waals surface area (Å²) in [6.45, 7) is 5.82. The number of benzene rings is 1. The number of nitrogen functional groups attached to an aromatic ring is 1. The summed E-state index contributed by atoms with van der Waals surface area (Å²) < 4.78 is 0. The number of amides is 1. The molecule has 1 atom stereocenters. The zero-order valence-electron chi connectivity index (χ0n) is 10.6. The summed E-state index contributed by atoms with van der Waals surface area (Å²) >= 11 is 0. The summed E-state index contributed by atoms with van der Waals surface area (Å²) in [7, 11) is 0. The summed E-state index contributed by atoms with van der Waals surface area (Å²) in [6, 6.07) is 4.17. The van der Waals surface area contributed by atoms with Crippen LogP contribution in [0.25, 0.3) is 0 Å². The molecule has 1 aromatic carbocycles. The third-order valence-corrected chi connectivity index (χ3v) is 2.88. The minimum Gasteiger partial charge on any atom is -0.393 e. The van der Waals surface area contributed by atoms with Crippen molar-refractivity contribution in [2.75, 3.05) is 5.73 Å². The number of nitrogens with one attached hydrogen (secondary N) is 1. The lowest BCUT2D eigenvalue weighted by Crippen LogP contribution is -2.36. The molecule has 6 nitrogen and oxygen atoms in total. The van der Waals surface area contributed by atoms with Crippen molar-refractivity contribution in [3.05, 3.63) is 33.9 Å². The zero-order chi connectivity index (χ0) is 13.9. The maximum atomic E-state index is 11.9. The Morgan fingerprint density at radius 3 is 2.50 bits per heavy atom. The van der Waals surface area contributed by atoms with Crippen molar-refractivity contribution in [3.8, 4) is 0 Å². The maximum Gasteiger partial charge on any atom is 0.292 e. The highest BCUT2D eigenvalue weighted by Gasteiger charge is 2.20. The quantitative estimate of drug-likeness (QED) is 0.485. The predicted octanol–water partition coefficient (Wildman–Crippen LogP) is 1.95. The smallest absolute Gasteiger partial charge is 0.292 e. The van der Waals surface area contributed by atoms with Crippen LogP contribution in [0.15, 0.2) is 18.2 Å². The van der Waals surface area contributed by atoms with E-state index < -0.39 is 10.8 Å². The first-order chi connectivity index (χ1) is 8.34. The molecule has 0 saturated carbocycles. The van der Waals surface area contributed by atoms with E-state index in [2.05, 4.69) is 5.32 Å². The summed E-state index contributed by atoms with van der Waals surface area (Å²) in [6.07, 6.45) is 0. The lowest BCUT2D eigenvalue weighted by Gasteiger charge is -2.17. The first-order valence-corrected chi connectivity index (χ1v) is 5.68. The Labute approximate surface area is 105 Å². The van der Waals surface area contributed by atoms with Gasteiger partial charge < -0.3 is 11.1 Å². The highest BCUT2D eigenvalue weighted by molar-refractivity contribution is 6.01. The number of hydrogen-bond acceptors (Lipinski definition) is 4. The molecule has 0 aliphatic carbocycles. The second-order valence-electron chi connectivity index (χ2n) is 4.50. The third kappa shape index (κ3) is 2.97. The first kappa shape index (κ1) is 14.0. The van der Waals surface area contributed by atoms with E-state index >= 15 is 0 Å². The van der Waals surface area contributed by atoms with Crippen LogP contribution in [0.1, 0.15) is 31.1 Å². The van der Waals surface area contributed by atoms with Gasteiger partial charge in [0.15, 0.2) is 0 Å². The molecule has 0 aliphatic heterocycles. The number of nitro benzene ring substituents is 1. The first-order valence-electron chi connectivity index (χ1n) is 5.68. The normalized spacial score (nSPS) is 12.2. The largest absolute Gasteiger partial charge is 0.393 e. The van der Waals surface area contributed by atoms with Crippen LogP contribution >= 0.6 is 0 Å². The van der Waals surface area contributed by atoms with Gasteiger partial charge in [0.05, 0.1) is 10.5 Å². The molecular formula is C12H17N3O3. The number of rotatable bonds is 4. The minimum absolute atomic E-state index is 0.0313. The molecule has 0 bridgehead atoms. The number of hydrogen-bond donors (Lipinski definition) is 2. The number of nitrogens with two attached hydrogens (primary N) is 1. The lowest BCUT2D eigenvalue weighted by atomic mass is 10.1. The molecule has 0 spiro atoms. The molecule has 98 valence electrons. The third-order valence-electron chi connectivity index (χ3n) is 2.88.